The van der Waals surface area contributed by atoms with E-state index in [9.17, 15) is 4.79 Å². The van der Waals surface area contributed by atoms with Crippen LogP contribution in [0.3, 0.4) is 0 Å². The molecule has 1 atom stereocenters. The summed E-state index contributed by atoms with van der Waals surface area (Å²) in [5, 5.41) is 6.15. The molecule has 2 rings (SSSR count). The first-order valence-electron chi connectivity index (χ1n) is 7.17. The van der Waals surface area contributed by atoms with Crippen LogP contribution in [0.1, 0.15) is 40.0 Å². The Balaban J connectivity index is 2.18. The van der Waals surface area contributed by atoms with Gasteiger partial charge in [0.25, 0.3) is 5.91 Å². The van der Waals surface area contributed by atoms with Crippen molar-refractivity contribution in [1.29, 1.82) is 0 Å². The van der Waals surface area contributed by atoms with Gasteiger partial charge in [0, 0.05) is 24.3 Å². The third-order valence-corrected chi connectivity index (χ3v) is 3.63. The van der Waals surface area contributed by atoms with Crippen molar-refractivity contribution in [1.82, 2.24) is 5.32 Å². The third kappa shape index (κ3) is 3.63. The highest BCUT2D eigenvalue weighted by atomic mass is 16.1. The number of benzene rings is 2. The predicted molar refractivity (Wildman–Crippen MR) is 87.8 cm³/mol. The molecule has 0 bridgehead atoms. The SMILES string of the molecule is CNC(=O)c1ccc(NC(C)c2cccc(C)c2)c(C)c1. The first-order chi connectivity index (χ1) is 10.0. The lowest BCUT2D eigenvalue weighted by molar-refractivity contribution is 0.0963. The summed E-state index contributed by atoms with van der Waals surface area (Å²) in [4.78, 5) is 11.6. The largest absolute Gasteiger partial charge is 0.378 e. The Morgan fingerprint density at radius 2 is 1.86 bits per heavy atom. The minimum Gasteiger partial charge on any atom is -0.378 e. The van der Waals surface area contributed by atoms with Gasteiger partial charge in [0.2, 0.25) is 0 Å². The number of aryl methyl sites for hydroxylation is 2. The molecule has 0 fully saturated rings. The Labute approximate surface area is 126 Å². The molecule has 0 aliphatic carbocycles. The molecule has 1 unspecified atom stereocenters. The molecule has 2 aromatic rings. The lowest BCUT2D eigenvalue weighted by Gasteiger charge is -2.18. The monoisotopic (exact) mass is 282 g/mol. The van der Waals surface area contributed by atoms with Gasteiger partial charge in [-0.3, -0.25) is 4.79 Å². The normalized spacial score (nSPS) is 11.8. The van der Waals surface area contributed by atoms with Gasteiger partial charge in [-0.05, 0) is 50.1 Å². The molecule has 0 aromatic heterocycles. The molecule has 0 saturated heterocycles. The molecule has 110 valence electrons. The standard InChI is InChI=1S/C18H22N2O/c1-12-6-5-7-15(10-12)14(3)20-17-9-8-16(11-13(17)2)18(21)19-4/h5-11,14,20H,1-4H3,(H,19,21). The maximum absolute atomic E-state index is 11.6. The van der Waals surface area contributed by atoms with Crippen molar-refractivity contribution in [2.24, 2.45) is 0 Å². The van der Waals surface area contributed by atoms with Crippen molar-refractivity contribution < 1.29 is 4.79 Å². The van der Waals surface area contributed by atoms with E-state index in [2.05, 4.69) is 48.7 Å². The van der Waals surface area contributed by atoms with E-state index >= 15 is 0 Å². The smallest absolute Gasteiger partial charge is 0.251 e. The molecule has 0 heterocycles. The summed E-state index contributed by atoms with van der Waals surface area (Å²) < 4.78 is 0. The molecular weight excluding hydrogens is 260 g/mol. The Kier molecular flexibility index (Phi) is 4.63. The third-order valence-electron chi connectivity index (χ3n) is 3.63. The highest BCUT2D eigenvalue weighted by Gasteiger charge is 2.09. The average Bonchev–Trinajstić information content (AvgIpc) is 2.48. The lowest BCUT2D eigenvalue weighted by Crippen LogP contribution is -2.18. The number of nitrogens with one attached hydrogen (secondary N) is 2. The second kappa shape index (κ2) is 6.44. The molecular formula is C18H22N2O. The molecule has 0 saturated carbocycles. The number of amides is 1. The molecule has 21 heavy (non-hydrogen) atoms. The van der Waals surface area contributed by atoms with Crippen molar-refractivity contribution in [2.45, 2.75) is 26.8 Å². The predicted octanol–water partition coefficient (Wildman–Crippen LogP) is 3.84. The van der Waals surface area contributed by atoms with Crippen LogP contribution in [0.4, 0.5) is 5.69 Å². The zero-order valence-electron chi connectivity index (χ0n) is 13.0. The van der Waals surface area contributed by atoms with Crippen molar-refractivity contribution in [3.8, 4) is 0 Å². The Morgan fingerprint density at radius 1 is 1.10 bits per heavy atom. The summed E-state index contributed by atoms with van der Waals surface area (Å²) in [5.74, 6) is -0.0589. The van der Waals surface area contributed by atoms with Crippen molar-refractivity contribution in [2.75, 3.05) is 12.4 Å². The van der Waals surface area contributed by atoms with Crippen LogP contribution in [0, 0.1) is 13.8 Å². The summed E-state index contributed by atoms with van der Waals surface area (Å²) in [6, 6.07) is 14.4. The number of hydrogen-bond acceptors (Lipinski definition) is 2. The van der Waals surface area contributed by atoms with Crippen LogP contribution in [0.25, 0.3) is 0 Å². The highest BCUT2D eigenvalue weighted by Crippen LogP contribution is 2.23. The van der Waals surface area contributed by atoms with Gasteiger partial charge in [0.1, 0.15) is 0 Å². The number of carbonyl (C=O) groups is 1. The number of rotatable bonds is 4. The number of hydrogen-bond donors (Lipinski definition) is 2. The fourth-order valence-electron chi connectivity index (χ4n) is 2.37. The molecule has 3 heteroatoms. The fourth-order valence-corrected chi connectivity index (χ4v) is 2.37. The lowest BCUT2D eigenvalue weighted by atomic mass is 10.0. The summed E-state index contributed by atoms with van der Waals surface area (Å²) in [5.41, 5.74) is 5.31. The average molecular weight is 282 g/mol. The summed E-state index contributed by atoms with van der Waals surface area (Å²) >= 11 is 0. The molecule has 0 aliphatic heterocycles. The zero-order valence-corrected chi connectivity index (χ0v) is 13.0. The Hall–Kier alpha value is -2.29. The number of carbonyl (C=O) groups excluding carboxylic acids is 1. The maximum atomic E-state index is 11.6. The second-order valence-corrected chi connectivity index (χ2v) is 5.39. The Bertz CT molecular complexity index is 649. The van der Waals surface area contributed by atoms with Crippen LogP contribution in [-0.4, -0.2) is 13.0 Å². The van der Waals surface area contributed by atoms with E-state index < -0.39 is 0 Å². The van der Waals surface area contributed by atoms with E-state index in [4.69, 9.17) is 0 Å². The highest BCUT2D eigenvalue weighted by molar-refractivity contribution is 5.94. The number of anilines is 1. The summed E-state index contributed by atoms with van der Waals surface area (Å²) in [7, 11) is 1.64. The molecule has 2 N–H and O–H groups in total. The quantitative estimate of drug-likeness (QED) is 0.894. The van der Waals surface area contributed by atoms with E-state index in [0.717, 1.165) is 11.3 Å². The van der Waals surface area contributed by atoms with Gasteiger partial charge < -0.3 is 10.6 Å². The minimum atomic E-state index is -0.0589. The van der Waals surface area contributed by atoms with E-state index in [1.807, 2.05) is 25.1 Å². The van der Waals surface area contributed by atoms with Gasteiger partial charge in [-0.15, -0.1) is 0 Å². The molecule has 0 radical (unpaired) electrons. The van der Waals surface area contributed by atoms with Crippen LogP contribution in [0.5, 0.6) is 0 Å². The summed E-state index contributed by atoms with van der Waals surface area (Å²) in [6.07, 6.45) is 0. The Morgan fingerprint density at radius 3 is 2.48 bits per heavy atom. The van der Waals surface area contributed by atoms with Crippen LogP contribution in [0.2, 0.25) is 0 Å². The molecule has 0 aliphatic rings. The van der Waals surface area contributed by atoms with Gasteiger partial charge in [-0.1, -0.05) is 29.8 Å². The first-order valence-corrected chi connectivity index (χ1v) is 7.17. The van der Waals surface area contributed by atoms with Crippen molar-refractivity contribution in [3.63, 3.8) is 0 Å². The van der Waals surface area contributed by atoms with E-state index in [-0.39, 0.29) is 11.9 Å². The zero-order chi connectivity index (χ0) is 15.4. The topological polar surface area (TPSA) is 41.1 Å². The van der Waals surface area contributed by atoms with Gasteiger partial charge >= 0.3 is 0 Å². The van der Waals surface area contributed by atoms with Gasteiger partial charge in [-0.25, -0.2) is 0 Å². The molecule has 2 aromatic carbocycles. The van der Waals surface area contributed by atoms with Crippen LogP contribution >= 0.6 is 0 Å². The fraction of sp³-hybridized carbons (Fsp3) is 0.278. The van der Waals surface area contributed by atoms with Crippen molar-refractivity contribution >= 4 is 11.6 Å². The first kappa shape index (κ1) is 15.1. The second-order valence-electron chi connectivity index (χ2n) is 5.39. The van der Waals surface area contributed by atoms with E-state index in [1.165, 1.54) is 11.1 Å². The van der Waals surface area contributed by atoms with Gasteiger partial charge in [-0.2, -0.15) is 0 Å². The summed E-state index contributed by atoms with van der Waals surface area (Å²) in [6.45, 7) is 6.25. The van der Waals surface area contributed by atoms with Crippen LogP contribution in [0.15, 0.2) is 42.5 Å². The van der Waals surface area contributed by atoms with Gasteiger partial charge in [0.15, 0.2) is 0 Å². The minimum absolute atomic E-state index is 0.0589. The van der Waals surface area contributed by atoms with Crippen molar-refractivity contribution in [3.05, 3.63) is 64.7 Å². The maximum Gasteiger partial charge on any atom is 0.251 e. The molecule has 1 amide bonds. The van der Waals surface area contributed by atoms with Gasteiger partial charge in [0.05, 0.1) is 0 Å². The molecule has 3 nitrogen and oxygen atoms in total. The van der Waals surface area contributed by atoms with E-state index in [0.29, 0.717) is 5.56 Å². The van der Waals surface area contributed by atoms with E-state index in [1.54, 1.807) is 7.05 Å². The van der Waals surface area contributed by atoms with Crippen LogP contribution in [-0.2, 0) is 0 Å². The van der Waals surface area contributed by atoms with Crippen LogP contribution < -0.4 is 10.6 Å². The molecule has 0 spiro atoms.